The predicted molar refractivity (Wildman–Crippen MR) is 68.9 cm³/mol. The molecule has 0 aliphatic carbocycles. The molecule has 1 aromatic carbocycles. The van der Waals surface area contributed by atoms with Crippen LogP contribution in [0.4, 0.5) is 8.78 Å². The Bertz CT molecular complexity index is 700. The van der Waals surface area contributed by atoms with Gasteiger partial charge in [-0.2, -0.15) is 0 Å². The summed E-state index contributed by atoms with van der Waals surface area (Å²) in [7, 11) is 0. The van der Waals surface area contributed by atoms with Crippen molar-refractivity contribution in [3.63, 3.8) is 0 Å². The quantitative estimate of drug-likeness (QED) is 0.843. The third kappa shape index (κ3) is 1.95. The van der Waals surface area contributed by atoms with Crippen LogP contribution in [0.2, 0.25) is 0 Å². The number of nitrogens with zero attached hydrogens (tertiary/aromatic N) is 2. The second kappa shape index (κ2) is 4.67. The van der Waals surface area contributed by atoms with Crippen LogP contribution in [0.25, 0.3) is 0 Å². The maximum absolute atomic E-state index is 13.8. The number of benzene rings is 1. The van der Waals surface area contributed by atoms with Crippen LogP contribution in [0.3, 0.4) is 0 Å². The molecule has 1 aromatic heterocycles. The average molecular weight is 274 g/mol. The van der Waals surface area contributed by atoms with Crippen LogP contribution in [0.15, 0.2) is 30.5 Å². The van der Waals surface area contributed by atoms with Gasteiger partial charge in [-0.15, -0.1) is 0 Å². The minimum Gasteiger partial charge on any atom is -0.328 e. The van der Waals surface area contributed by atoms with E-state index in [2.05, 4.69) is 4.98 Å². The second-order valence-electron chi connectivity index (χ2n) is 4.83. The molecule has 0 atom stereocenters. The predicted octanol–water partition coefficient (Wildman–Crippen LogP) is 2.82. The number of hydrogen-bond donors (Lipinski definition) is 0. The first-order valence-electron chi connectivity index (χ1n) is 6.24. The van der Waals surface area contributed by atoms with E-state index in [1.807, 2.05) is 0 Å². The first-order valence-corrected chi connectivity index (χ1v) is 6.24. The summed E-state index contributed by atoms with van der Waals surface area (Å²) < 4.78 is 27.4. The molecule has 0 radical (unpaired) electrons. The average Bonchev–Trinajstić information content (AvgIpc) is 2.77. The lowest BCUT2D eigenvalue weighted by Crippen LogP contribution is -2.24. The van der Waals surface area contributed by atoms with Gasteiger partial charge in [0.25, 0.3) is 5.91 Å². The van der Waals surface area contributed by atoms with E-state index < -0.39 is 11.6 Å². The van der Waals surface area contributed by atoms with E-state index in [0.717, 1.165) is 0 Å². The standard InChI is InChI=1S/C15H12F2N2O/c1-9-4-5-10(14(17)13(9)16)7-19-8-12-11(15(19)20)3-2-6-18-12/h2-6H,7-8H2,1H3. The zero-order chi connectivity index (χ0) is 14.3. The third-order valence-corrected chi connectivity index (χ3v) is 3.47. The Kier molecular flexibility index (Phi) is 2.97. The number of carbonyl (C=O) groups is 1. The molecular weight excluding hydrogens is 262 g/mol. The highest BCUT2D eigenvalue weighted by atomic mass is 19.2. The molecule has 0 saturated carbocycles. The van der Waals surface area contributed by atoms with Crippen LogP contribution in [0.5, 0.6) is 0 Å². The van der Waals surface area contributed by atoms with E-state index in [-0.39, 0.29) is 23.6 Å². The maximum atomic E-state index is 13.8. The summed E-state index contributed by atoms with van der Waals surface area (Å²) in [6.07, 6.45) is 1.61. The minimum absolute atomic E-state index is 0.0399. The van der Waals surface area contributed by atoms with E-state index in [0.29, 0.717) is 17.8 Å². The summed E-state index contributed by atoms with van der Waals surface area (Å²) in [6.45, 7) is 1.87. The lowest BCUT2D eigenvalue weighted by atomic mass is 10.1. The van der Waals surface area contributed by atoms with Gasteiger partial charge in [0, 0.05) is 18.3 Å². The first kappa shape index (κ1) is 12.7. The van der Waals surface area contributed by atoms with Crippen molar-refractivity contribution >= 4 is 5.91 Å². The summed E-state index contributed by atoms with van der Waals surface area (Å²) in [4.78, 5) is 17.7. The molecule has 20 heavy (non-hydrogen) atoms. The van der Waals surface area contributed by atoms with Crippen LogP contribution < -0.4 is 0 Å². The molecule has 1 amide bonds. The molecule has 1 aliphatic heterocycles. The Morgan fingerprint density at radius 3 is 2.80 bits per heavy atom. The Hall–Kier alpha value is -2.30. The molecule has 102 valence electrons. The zero-order valence-electron chi connectivity index (χ0n) is 10.9. The van der Waals surface area contributed by atoms with Gasteiger partial charge in [-0.3, -0.25) is 9.78 Å². The van der Waals surface area contributed by atoms with E-state index in [1.54, 1.807) is 18.3 Å². The Labute approximate surface area is 114 Å². The number of aryl methyl sites for hydroxylation is 1. The number of amides is 1. The van der Waals surface area contributed by atoms with Gasteiger partial charge in [0.2, 0.25) is 0 Å². The molecule has 0 bridgehead atoms. The number of carbonyl (C=O) groups excluding carboxylic acids is 1. The van der Waals surface area contributed by atoms with Crippen molar-refractivity contribution in [2.45, 2.75) is 20.0 Å². The molecule has 0 fully saturated rings. The molecule has 0 saturated heterocycles. The molecule has 2 heterocycles. The van der Waals surface area contributed by atoms with Crippen LogP contribution in [0, 0.1) is 18.6 Å². The fourth-order valence-electron chi connectivity index (χ4n) is 2.32. The number of halogens is 2. The summed E-state index contributed by atoms with van der Waals surface area (Å²) in [5, 5.41) is 0. The summed E-state index contributed by atoms with van der Waals surface area (Å²) in [6, 6.07) is 6.40. The van der Waals surface area contributed by atoms with Crippen molar-refractivity contribution < 1.29 is 13.6 Å². The van der Waals surface area contributed by atoms with E-state index in [9.17, 15) is 13.6 Å². The smallest absolute Gasteiger partial charge is 0.256 e. The molecule has 5 heteroatoms. The molecule has 0 N–H and O–H groups in total. The van der Waals surface area contributed by atoms with Gasteiger partial charge >= 0.3 is 0 Å². The van der Waals surface area contributed by atoms with Crippen molar-refractivity contribution in [3.8, 4) is 0 Å². The highest BCUT2D eigenvalue weighted by Crippen LogP contribution is 2.24. The normalized spacial score (nSPS) is 13.8. The van der Waals surface area contributed by atoms with Gasteiger partial charge in [-0.1, -0.05) is 12.1 Å². The molecule has 0 spiro atoms. The molecule has 2 aromatic rings. The van der Waals surface area contributed by atoms with Gasteiger partial charge in [0.05, 0.1) is 17.8 Å². The number of hydrogen-bond acceptors (Lipinski definition) is 2. The fourth-order valence-corrected chi connectivity index (χ4v) is 2.32. The first-order chi connectivity index (χ1) is 9.58. The fraction of sp³-hybridized carbons (Fsp3) is 0.200. The van der Waals surface area contributed by atoms with Crippen molar-refractivity contribution in [1.82, 2.24) is 9.88 Å². The molecule has 1 aliphatic rings. The van der Waals surface area contributed by atoms with Crippen LogP contribution >= 0.6 is 0 Å². The monoisotopic (exact) mass is 274 g/mol. The number of pyridine rings is 1. The van der Waals surface area contributed by atoms with Gasteiger partial charge in [-0.05, 0) is 24.6 Å². The lowest BCUT2D eigenvalue weighted by Gasteiger charge is -2.16. The van der Waals surface area contributed by atoms with Crippen molar-refractivity contribution in [1.29, 1.82) is 0 Å². The van der Waals surface area contributed by atoms with Gasteiger partial charge in [0.15, 0.2) is 11.6 Å². The SMILES string of the molecule is Cc1ccc(CN2Cc3ncccc3C2=O)c(F)c1F. The van der Waals surface area contributed by atoms with E-state index in [1.165, 1.54) is 24.0 Å². The molecule has 3 nitrogen and oxygen atoms in total. The molecular formula is C15H12F2N2O. The van der Waals surface area contributed by atoms with E-state index in [4.69, 9.17) is 0 Å². The molecule has 0 unspecified atom stereocenters. The maximum Gasteiger partial charge on any atom is 0.256 e. The van der Waals surface area contributed by atoms with Gasteiger partial charge in [-0.25, -0.2) is 8.78 Å². The Balaban J connectivity index is 1.88. The largest absolute Gasteiger partial charge is 0.328 e. The minimum atomic E-state index is -0.887. The highest BCUT2D eigenvalue weighted by molar-refractivity contribution is 5.97. The van der Waals surface area contributed by atoms with Crippen molar-refractivity contribution in [2.75, 3.05) is 0 Å². The lowest BCUT2D eigenvalue weighted by molar-refractivity contribution is 0.0764. The highest BCUT2D eigenvalue weighted by Gasteiger charge is 2.28. The second-order valence-corrected chi connectivity index (χ2v) is 4.83. The third-order valence-electron chi connectivity index (χ3n) is 3.47. The van der Waals surface area contributed by atoms with Crippen molar-refractivity contribution in [2.24, 2.45) is 0 Å². The number of rotatable bonds is 2. The Morgan fingerprint density at radius 1 is 1.25 bits per heavy atom. The van der Waals surface area contributed by atoms with Gasteiger partial charge < -0.3 is 4.90 Å². The topological polar surface area (TPSA) is 33.2 Å². The summed E-state index contributed by atoms with van der Waals surface area (Å²) in [5.74, 6) is -1.94. The summed E-state index contributed by atoms with van der Waals surface area (Å²) in [5.41, 5.74) is 1.63. The number of fused-ring (bicyclic) bond motifs is 1. The van der Waals surface area contributed by atoms with Crippen molar-refractivity contribution in [3.05, 3.63) is 64.5 Å². The zero-order valence-corrected chi connectivity index (χ0v) is 10.9. The van der Waals surface area contributed by atoms with E-state index >= 15 is 0 Å². The van der Waals surface area contributed by atoms with Crippen LogP contribution in [-0.4, -0.2) is 15.8 Å². The van der Waals surface area contributed by atoms with Gasteiger partial charge in [0.1, 0.15) is 0 Å². The molecule has 3 rings (SSSR count). The Morgan fingerprint density at radius 2 is 2.05 bits per heavy atom. The number of aromatic nitrogens is 1. The summed E-state index contributed by atoms with van der Waals surface area (Å²) >= 11 is 0. The van der Waals surface area contributed by atoms with Crippen LogP contribution in [-0.2, 0) is 13.1 Å². The van der Waals surface area contributed by atoms with Crippen LogP contribution in [0.1, 0.15) is 27.2 Å².